The Kier molecular flexibility index (Phi) is 3.06. The third kappa shape index (κ3) is 2.20. The zero-order chi connectivity index (χ0) is 10.8. The van der Waals surface area contributed by atoms with Gasteiger partial charge in [-0.15, -0.1) is 0 Å². The molecule has 1 aromatic rings. The second kappa shape index (κ2) is 4.31. The minimum Gasteiger partial charge on any atom is -0.397 e. The van der Waals surface area contributed by atoms with Crippen LogP contribution < -0.4 is 11.1 Å². The second-order valence-corrected chi connectivity index (χ2v) is 4.75. The van der Waals surface area contributed by atoms with Crippen LogP contribution in [-0.4, -0.2) is 6.04 Å². The average Bonchev–Trinajstić information content (AvgIpc) is 2.60. The van der Waals surface area contributed by atoms with Crippen molar-refractivity contribution in [2.45, 2.75) is 32.2 Å². The number of nitrogens with one attached hydrogen (secondary N) is 1. The molecule has 2 rings (SSSR count). The van der Waals surface area contributed by atoms with E-state index in [1.807, 2.05) is 18.2 Å². The highest BCUT2D eigenvalue weighted by Gasteiger charge is 2.23. The van der Waals surface area contributed by atoms with Crippen molar-refractivity contribution in [1.82, 2.24) is 0 Å². The van der Waals surface area contributed by atoms with Crippen LogP contribution in [-0.2, 0) is 0 Å². The zero-order valence-corrected chi connectivity index (χ0v) is 9.72. The number of halogens is 1. The molecule has 0 saturated heterocycles. The first-order chi connectivity index (χ1) is 7.18. The molecule has 2 unspecified atom stereocenters. The molecule has 15 heavy (non-hydrogen) atoms. The molecule has 0 aromatic heterocycles. The Hall–Kier alpha value is -0.890. The zero-order valence-electron chi connectivity index (χ0n) is 8.96. The quantitative estimate of drug-likeness (QED) is 0.755. The van der Waals surface area contributed by atoms with Crippen LogP contribution in [0.1, 0.15) is 26.2 Å². The minimum absolute atomic E-state index is 0.546. The summed E-state index contributed by atoms with van der Waals surface area (Å²) < 4.78 is 0. The summed E-state index contributed by atoms with van der Waals surface area (Å²) in [4.78, 5) is 0. The van der Waals surface area contributed by atoms with Crippen LogP contribution in [0.5, 0.6) is 0 Å². The van der Waals surface area contributed by atoms with Crippen LogP contribution in [0.25, 0.3) is 0 Å². The van der Waals surface area contributed by atoms with E-state index in [0.29, 0.717) is 16.8 Å². The molecule has 0 aliphatic heterocycles. The van der Waals surface area contributed by atoms with Crippen LogP contribution in [0.2, 0.25) is 5.02 Å². The van der Waals surface area contributed by atoms with Crippen molar-refractivity contribution in [3.05, 3.63) is 23.2 Å². The summed E-state index contributed by atoms with van der Waals surface area (Å²) in [6.07, 6.45) is 3.84. The highest BCUT2D eigenvalue weighted by molar-refractivity contribution is 6.35. The van der Waals surface area contributed by atoms with E-state index < -0.39 is 0 Å². The average molecular weight is 225 g/mol. The van der Waals surface area contributed by atoms with Crippen molar-refractivity contribution < 1.29 is 0 Å². The smallest absolute Gasteiger partial charge is 0.0866 e. The van der Waals surface area contributed by atoms with Gasteiger partial charge in [0.05, 0.1) is 16.4 Å². The molecule has 1 aliphatic carbocycles. The number of benzene rings is 1. The van der Waals surface area contributed by atoms with Crippen LogP contribution in [0.15, 0.2) is 18.2 Å². The summed E-state index contributed by atoms with van der Waals surface area (Å²) in [6.45, 7) is 2.28. The topological polar surface area (TPSA) is 38.0 Å². The van der Waals surface area contributed by atoms with Gasteiger partial charge in [-0.1, -0.05) is 31.0 Å². The molecule has 1 fully saturated rings. The number of hydrogen-bond acceptors (Lipinski definition) is 2. The van der Waals surface area contributed by atoms with E-state index >= 15 is 0 Å². The summed E-state index contributed by atoms with van der Waals surface area (Å²) in [5.41, 5.74) is 7.37. The van der Waals surface area contributed by atoms with Gasteiger partial charge in [-0.25, -0.2) is 0 Å². The lowest BCUT2D eigenvalue weighted by Gasteiger charge is -2.19. The summed E-state index contributed by atoms with van der Waals surface area (Å²) in [7, 11) is 0. The Labute approximate surface area is 95.8 Å². The van der Waals surface area contributed by atoms with E-state index in [1.54, 1.807) is 0 Å². The summed E-state index contributed by atoms with van der Waals surface area (Å²) >= 11 is 6.13. The number of nitrogens with two attached hydrogens (primary N) is 1. The minimum atomic E-state index is 0.546. The van der Waals surface area contributed by atoms with Crippen molar-refractivity contribution in [2.75, 3.05) is 11.1 Å². The lowest BCUT2D eigenvalue weighted by atomic mass is 10.1. The largest absolute Gasteiger partial charge is 0.397 e. The van der Waals surface area contributed by atoms with Crippen LogP contribution in [0, 0.1) is 5.92 Å². The lowest BCUT2D eigenvalue weighted by Crippen LogP contribution is -2.22. The summed E-state index contributed by atoms with van der Waals surface area (Å²) in [5, 5.41) is 4.14. The van der Waals surface area contributed by atoms with E-state index in [0.717, 1.165) is 11.6 Å². The monoisotopic (exact) mass is 224 g/mol. The molecule has 2 atom stereocenters. The lowest BCUT2D eigenvalue weighted by molar-refractivity contribution is 0.556. The molecule has 82 valence electrons. The molecular weight excluding hydrogens is 208 g/mol. The Balaban J connectivity index is 2.13. The van der Waals surface area contributed by atoms with E-state index in [2.05, 4.69) is 12.2 Å². The first-order valence-corrected chi connectivity index (χ1v) is 5.87. The second-order valence-electron chi connectivity index (χ2n) is 4.37. The maximum atomic E-state index is 6.13. The van der Waals surface area contributed by atoms with E-state index in [1.165, 1.54) is 19.3 Å². The molecular formula is C12H17ClN2. The van der Waals surface area contributed by atoms with Gasteiger partial charge in [-0.3, -0.25) is 0 Å². The first-order valence-electron chi connectivity index (χ1n) is 5.49. The van der Waals surface area contributed by atoms with E-state index in [4.69, 9.17) is 17.3 Å². The third-order valence-electron chi connectivity index (χ3n) is 3.23. The molecule has 1 aromatic carbocycles. The van der Waals surface area contributed by atoms with Crippen molar-refractivity contribution in [3.8, 4) is 0 Å². The number of nitrogen functional groups attached to an aromatic ring is 1. The van der Waals surface area contributed by atoms with Crippen molar-refractivity contribution in [3.63, 3.8) is 0 Å². The van der Waals surface area contributed by atoms with Gasteiger partial charge >= 0.3 is 0 Å². The summed E-state index contributed by atoms with van der Waals surface area (Å²) in [6, 6.07) is 6.29. The Morgan fingerprint density at radius 3 is 2.87 bits per heavy atom. The van der Waals surface area contributed by atoms with Gasteiger partial charge in [-0.2, -0.15) is 0 Å². The highest BCUT2D eigenvalue weighted by Crippen LogP contribution is 2.33. The van der Waals surface area contributed by atoms with Crippen LogP contribution in [0.4, 0.5) is 11.4 Å². The molecule has 1 aliphatic rings. The van der Waals surface area contributed by atoms with Gasteiger partial charge < -0.3 is 11.1 Å². The van der Waals surface area contributed by atoms with E-state index in [-0.39, 0.29) is 0 Å². The number of hydrogen-bond donors (Lipinski definition) is 2. The molecule has 0 radical (unpaired) electrons. The predicted octanol–water partition coefficient (Wildman–Crippen LogP) is 3.52. The fourth-order valence-corrected chi connectivity index (χ4v) is 2.40. The normalized spacial score (nSPS) is 25.5. The van der Waals surface area contributed by atoms with Gasteiger partial charge in [0.1, 0.15) is 0 Å². The molecule has 0 amide bonds. The van der Waals surface area contributed by atoms with Crippen molar-refractivity contribution in [2.24, 2.45) is 5.92 Å². The SMILES string of the molecule is CC1CCCC1Nc1cccc(N)c1Cl. The fourth-order valence-electron chi connectivity index (χ4n) is 2.22. The highest BCUT2D eigenvalue weighted by atomic mass is 35.5. The molecule has 2 nitrogen and oxygen atoms in total. The molecule has 1 saturated carbocycles. The van der Waals surface area contributed by atoms with Gasteiger partial charge in [0.25, 0.3) is 0 Å². The van der Waals surface area contributed by atoms with Crippen LogP contribution >= 0.6 is 11.6 Å². The van der Waals surface area contributed by atoms with Crippen molar-refractivity contribution in [1.29, 1.82) is 0 Å². The predicted molar refractivity (Wildman–Crippen MR) is 66.3 cm³/mol. The van der Waals surface area contributed by atoms with Gasteiger partial charge in [0, 0.05) is 6.04 Å². The first kappa shape index (κ1) is 10.6. The summed E-state index contributed by atoms with van der Waals surface area (Å²) in [5.74, 6) is 0.725. The maximum absolute atomic E-state index is 6.13. The fraction of sp³-hybridized carbons (Fsp3) is 0.500. The Morgan fingerprint density at radius 2 is 2.20 bits per heavy atom. The van der Waals surface area contributed by atoms with Gasteiger partial charge in [-0.05, 0) is 30.9 Å². The van der Waals surface area contributed by atoms with Gasteiger partial charge in [0.2, 0.25) is 0 Å². The number of rotatable bonds is 2. The van der Waals surface area contributed by atoms with Crippen molar-refractivity contribution >= 4 is 23.0 Å². The molecule has 3 heteroatoms. The van der Waals surface area contributed by atoms with E-state index in [9.17, 15) is 0 Å². The molecule has 0 bridgehead atoms. The van der Waals surface area contributed by atoms with Crippen LogP contribution in [0.3, 0.4) is 0 Å². The molecule has 0 spiro atoms. The molecule has 0 heterocycles. The number of anilines is 2. The maximum Gasteiger partial charge on any atom is 0.0866 e. The Bertz CT molecular complexity index is 351. The van der Waals surface area contributed by atoms with Gasteiger partial charge in [0.15, 0.2) is 0 Å². The molecule has 3 N–H and O–H groups in total. The standard InChI is InChI=1S/C12H17ClN2/c1-8-4-2-6-10(8)15-11-7-3-5-9(14)12(11)13/h3,5,7-8,10,15H,2,4,6,14H2,1H3. The Morgan fingerprint density at radius 1 is 1.40 bits per heavy atom. The third-order valence-corrected chi connectivity index (χ3v) is 3.65.